The molecule has 0 saturated carbocycles. The minimum atomic E-state index is -0.273. The van der Waals surface area contributed by atoms with Crippen LogP contribution >= 0.6 is 0 Å². The molecule has 1 aliphatic heterocycles. The highest BCUT2D eigenvalue weighted by Crippen LogP contribution is 2.27. The molecule has 1 unspecified atom stereocenters. The Kier molecular flexibility index (Phi) is 5.65. The first-order chi connectivity index (χ1) is 8.12. The van der Waals surface area contributed by atoms with Crippen molar-refractivity contribution in [3.8, 4) is 0 Å². The summed E-state index contributed by atoms with van der Waals surface area (Å²) in [7, 11) is 0. The van der Waals surface area contributed by atoms with Gasteiger partial charge in [-0.3, -0.25) is 4.90 Å². The Morgan fingerprint density at radius 3 is 3.00 bits per heavy atom. The maximum absolute atomic E-state index is 11.1. The topological polar surface area (TPSA) is 38.8 Å². The van der Waals surface area contributed by atoms with Gasteiger partial charge in [0.15, 0.2) is 0 Å². The third kappa shape index (κ3) is 4.13. The van der Waals surface area contributed by atoms with Crippen LogP contribution in [0.2, 0.25) is 0 Å². The van der Waals surface area contributed by atoms with Gasteiger partial charge in [-0.05, 0) is 20.3 Å². The van der Waals surface area contributed by atoms with Crippen molar-refractivity contribution in [1.82, 2.24) is 4.90 Å². The lowest BCUT2D eigenvalue weighted by Crippen LogP contribution is -2.43. The molecule has 0 aromatic carbocycles. The van der Waals surface area contributed by atoms with E-state index < -0.39 is 0 Å². The van der Waals surface area contributed by atoms with E-state index in [0.717, 1.165) is 32.5 Å². The molecule has 4 heteroatoms. The van der Waals surface area contributed by atoms with Crippen LogP contribution < -0.4 is 0 Å². The van der Waals surface area contributed by atoms with Crippen molar-refractivity contribution >= 4 is 5.97 Å². The lowest BCUT2D eigenvalue weighted by atomic mass is 10.1. The van der Waals surface area contributed by atoms with Crippen molar-refractivity contribution in [2.24, 2.45) is 0 Å². The van der Waals surface area contributed by atoms with Gasteiger partial charge in [-0.15, -0.1) is 0 Å². The van der Waals surface area contributed by atoms with Crippen molar-refractivity contribution in [2.75, 3.05) is 26.3 Å². The number of ether oxygens (including phenoxy) is 2. The maximum atomic E-state index is 11.1. The number of rotatable bonds is 6. The van der Waals surface area contributed by atoms with Gasteiger partial charge in [-0.1, -0.05) is 19.4 Å². The molecule has 0 aliphatic carbocycles. The molecule has 0 bridgehead atoms. The van der Waals surface area contributed by atoms with Crippen molar-refractivity contribution in [3.63, 3.8) is 0 Å². The van der Waals surface area contributed by atoms with Gasteiger partial charge in [0.2, 0.25) is 0 Å². The SMILES string of the molecule is CC=CC(=O)OCCN1CCOC1(C)CCC. The van der Waals surface area contributed by atoms with Gasteiger partial charge in [0, 0.05) is 19.2 Å². The van der Waals surface area contributed by atoms with Gasteiger partial charge in [0.1, 0.15) is 12.3 Å². The molecule has 0 spiro atoms. The number of carbonyl (C=O) groups is 1. The van der Waals surface area contributed by atoms with Gasteiger partial charge in [-0.25, -0.2) is 4.79 Å². The Labute approximate surface area is 104 Å². The van der Waals surface area contributed by atoms with E-state index in [2.05, 4.69) is 18.7 Å². The average Bonchev–Trinajstić information content (AvgIpc) is 2.61. The number of carbonyl (C=O) groups excluding carboxylic acids is 1. The summed E-state index contributed by atoms with van der Waals surface area (Å²) in [5.74, 6) is -0.273. The van der Waals surface area contributed by atoms with E-state index in [4.69, 9.17) is 9.47 Å². The molecule has 17 heavy (non-hydrogen) atoms. The Bertz CT molecular complexity index is 278. The van der Waals surface area contributed by atoms with Crippen LogP contribution in [-0.4, -0.2) is 42.9 Å². The average molecular weight is 241 g/mol. The largest absolute Gasteiger partial charge is 0.461 e. The van der Waals surface area contributed by atoms with E-state index in [9.17, 15) is 4.79 Å². The molecule has 98 valence electrons. The van der Waals surface area contributed by atoms with E-state index in [1.807, 2.05) is 0 Å². The van der Waals surface area contributed by atoms with Crippen LogP contribution in [-0.2, 0) is 14.3 Å². The molecule has 0 N–H and O–H groups in total. The van der Waals surface area contributed by atoms with Crippen LogP contribution in [0, 0.1) is 0 Å². The van der Waals surface area contributed by atoms with Crippen molar-refractivity contribution in [3.05, 3.63) is 12.2 Å². The normalized spacial score (nSPS) is 25.6. The second kappa shape index (κ2) is 6.77. The lowest BCUT2D eigenvalue weighted by Gasteiger charge is -2.33. The minimum absolute atomic E-state index is 0.179. The number of nitrogens with zero attached hydrogens (tertiary/aromatic N) is 1. The van der Waals surface area contributed by atoms with Gasteiger partial charge in [0.05, 0.1) is 6.61 Å². The van der Waals surface area contributed by atoms with Crippen molar-refractivity contribution < 1.29 is 14.3 Å². The van der Waals surface area contributed by atoms with E-state index in [-0.39, 0.29) is 11.7 Å². The van der Waals surface area contributed by atoms with Gasteiger partial charge in [0.25, 0.3) is 0 Å². The van der Waals surface area contributed by atoms with Crippen LogP contribution in [0.15, 0.2) is 12.2 Å². The third-order valence-corrected chi connectivity index (χ3v) is 3.07. The molecule has 1 aliphatic rings. The summed E-state index contributed by atoms with van der Waals surface area (Å²) < 4.78 is 10.9. The second-order valence-electron chi connectivity index (χ2n) is 4.43. The number of esters is 1. The molecule has 1 heterocycles. The standard InChI is InChI=1S/C13H23NO3/c1-4-6-12(15)16-10-8-14-9-11-17-13(14,3)7-5-2/h4,6H,5,7-11H2,1-3H3. The Hall–Kier alpha value is -0.870. The number of hydrogen-bond donors (Lipinski definition) is 0. The van der Waals surface area contributed by atoms with Crippen molar-refractivity contribution in [2.45, 2.75) is 39.3 Å². The second-order valence-corrected chi connectivity index (χ2v) is 4.43. The molecule has 0 aromatic heterocycles. The fraction of sp³-hybridized carbons (Fsp3) is 0.769. The molecule has 0 aromatic rings. The Morgan fingerprint density at radius 2 is 2.35 bits per heavy atom. The summed E-state index contributed by atoms with van der Waals surface area (Å²) in [6, 6.07) is 0. The van der Waals surface area contributed by atoms with E-state index in [1.54, 1.807) is 13.0 Å². The molecule has 4 nitrogen and oxygen atoms in total. The van der Waals surface area contributed by atoms with Crippen LogP contribution in [0.3, 0.4) is 0 Å². The zero-order valence-electron chi connectivity index (χ0n) is 11.1. The summed E-state index contributed by atoms with van der Waals surface area (Å²) in [6.45, 7) is 8.89. The molecule has 1 atom stereocenters. The first-order valence-electron chi connectivity index (χ1n) is 6.31. The summed E-state index contributed by atoms with van der Waals surface area (Å²) in [6.07, 6.45) is 5.22. The number of allylic oxidation sites excluding steroid dienone is 1. The van der Waals surface area contributed by atoms with E-state index in [1.165, 1.54) is 6.08 Å². The third-order valence-electron chi connectivity index (χ3n) is 3.07. The quantitative estimate of drug-likeness (QED) is 0.526. The molecule has 0 radical (unpaired) electrons. The highest BCUT2D eigenvalue weighted by atomic mass is 16.5. The van der Waals surface area contributed by atoms with Gasteiger partial charge in [-0.2, -0.15) is 0 Å². The summed E-state index contributed by atoms with van der Waals surface area (Å²) in [4.78, 5) is 13.4. The van der Waals surface area contributed by atoms with Gasteiger partial charge < -0.3 is 9.47 Å². The van der Waals surface area contributed by atoms with Crippen molar-refractivity contribution in [1.29, 1.82) is 0 Å². The van der Waals surface area contributed by atoms with E-state index >= 15 is 0 Å². The molecular weight excluding hydrogens is 218 g/mol. The van der Waals surface area contributed by atoms with E-state index in [0.29, 0.717) is 6.61 Å². The molecular formula is C13H23NO3. The maximum Gasteiger partial charge on any atom is 0.330 e. The minimum Gasteiger partial charge on any atom is -0.461 e. The fourth-order valence-electron chi connectivity index (χ4n) is 2.19. The molecule has 1 saturated heterocycles. The molecule has 1 fully saturated rings. The molecule has 0 amide bonds. The Morgan fingerprint density at radius 1 is 1.59 bits per heavy atom. The first kappa shape index (κ1) is 14.2. The smallest absolute Gasteiger partial charge is 0.330 e. The fourth-order valence-corrected chi connectivity index (χ4v) is 2.19. The van der Waals surface area contributed by atoms with Gasteiger partial charge >= 0.3 is 5.97 Å². The Balaban J connectivity index is 2.33. The monoisotopic (exact) mass is 241 g/mol. The zero-order chi connectivity index (χ0) is 12.7. The highest BCUT2D eigenvalue weighted by molar-refractivity contribution is 5.81. The predicted octanol–water partition coefficient (Wildman–Crippen LogP) is 1.95. The molecule has 1 rings (SSSR count). The van der Waals surface area contributed by atoms with Crippen LogP contribution in [0.25, 0.3) is 0 Å². The predicted molar refractivity (Wildman–Crippen MR) is 66.6 cm³/mol. The van der Waals surface area contributed by atoms with Crippen LogP contribution in [0.1, 0.15) is 33.6 Å². The number of hydrogen-bond acceptors (Lipinski definition) is 4. The van der Waals surface area contributed by atoms with Crippen LogP contribution in [0.5, 0.6) is 0 Å². The summed E-state index contributed by atoms with van der Waals surface area (Å²) in [5, 5.41) is 0. The van der Waals surface area contributed by atoms with Crippen LogP contribution in [0.4, 0.5) is 0 Å². The first-order valence-corrected chi connectivity index (χ1v) is 6.31. The highest BCUT2D eigenvalue weighted by Gasteiger charge is 2.36. The summed E-state index contributed by atoms with van der Waals surface area (Å²) in [5.41, 5.74) is -0.179. The zero-order valence-corrected chi connectivity index (χ0v) is 11.1. The summed E-state index contributed by atoms with van der Waals surface area (Å²) >= 11 is 0. The lowest BCUT2D eigenvalue weighted by molar-refractivity contribution is -0.140.